The molecule has 0 radical (unpaired) electrons. The minimum Gasteiger partial charge on any atom is -0.365 e. The molecule has 17 heavy (non-hydrogen) atoms. The van der Waals surface area contributed by atoms with Gasteiger partial charge in [0.1, 0.15) is 5.60 Å². The number of carbonyl (C=O) groups is 1. The van der Waals surface area contributed by atoms with Gasteiger partial charge in [0.25, 0.3) is 5.91 Å². The predicted molar refractivity (Wildman–Crippen MR) is 66.5 cm³/mol. The first-order chi connectivity index (χ1) is 8.15. The van der Waals surface area contributed by atoms with Gasteiger partial charge in [0.15, 0.2) is 0 Å². The molecule has 0 spiro atoms. The zero-order valence-electron chi connectivity index (χ0n) is 10.7. The van der Waals surface area contributed by atoms with Crippen molar-refractivity contribution in [3.05, 3.63) is 0 Å². The molecule has 1 saturated heterocycles. The summed E-state index contributed by atoms with van der Waals surface area (Å²) in [5.74, 6) is 0.589. The van der Waals surface area contributed by atoms with E-state index in [9.17, 15) is 4.79 Å². The van der Waals surface area contributed by atoms with Crippen molar-refractivity contribution in [3.8, 4) is 0 Å². The lowest BCUT2D eigenvalue weighted by molar-refractivity contribution is -0.140. The smallest absolute Gasteiger partial charge is 0.252 e. The third kappa shape index (κ3) is 2.80. The molecular weight excluding hydrogens is 216 g/mol. The van der Waals surface area contributed by atoms with Crippen LogP contribution in [0.4, 0.5) is 0 Å². The molecule has 1 aliphatic carbocycles. The molecule has 2 aliphatic rings. The first-order valence-corrected chi connectivity index (χ1v) is 6.81. The molecule has 0 bridgehead atoms. The average Bonchev–Trinajstić information content (AvgIpc) is 2.97. The number of ether oxygens (including phenoxy) is 1. The highest BCUT2D eigenvalue weighted by Gasteiger charge is 2.39. The van der Waals surface area contributed by atoms with E-state index in [4.69, 9.17) is 10.5 Å². The van der Waals surface area contributed by atoms with Gasteiger partial charge in [0.05, 0.1) is 0 Å². The molecule has 2 unspecified atom stereocenters. The van der Waals surface area contributed by atoms with Gasteiger partial charge in [-0.3, -0.25) is 4.79 Å². The lowest BCUT2D eigenvalue weighted by Crippen LogP contribution is -2.52. The van der Waals surface area contributed by atoms with Crippen LogP contribution < -0.4 is 11.1 Å². The van der Waals surface area contributed by atoms with Crippen molar-refractivity contribution >= 4 is 5.91 Å². The van der Waals surface area contributed by atoms with E-state index in [1.165, 1.54) is 25.7 Å². The van der Waals surface area contributed by atoms with E-state index in [2.05, 4.69) is 5.32 Å². The summed E-state index contributed by atoms with van der Waals surface area (Å²) in [7, 11) is 0. The molecule has 98 valence electrons. The molecule has 2 rings (SSSR count). The number of hydrogen-bond donors (Lipinski definition) is 2. The fourth-order valence-electron chi connectivity index (χ4n) is 3.01. The number of nitrogens with two attached hydrogens (primary N) is 1. The SMILES string of the molecule is CC1(C(=O)NC(CN)C2CCCC2)CCCO1. The highest BCUT2D eigenvalue weighted by Crippen LogP contribution is 2.29. The molecule has 3 N–H and O–H groups in total. The van der Waals surface area contributed by atoms with Crippen LogP contribution in [0, 0.1) is 5.92 Å². The van der Waals surface area contributed by atoms with E-state index in [0.29, 0.717) is 19.1 Å². The topological polar surface area (TPSA) is 64.4 Å². The molecule has 4 heteroatoms. The molecule has 2 fully saturated rings. The van der Waals surface area contributed by atoms with Crippen molar-refractivity contribution in [1.29, 1.82) is 0 Å². The fourth-order valence-corrected chi connectivity index (χ4v) is 3.01. The molecule has 1 aliphatic heterocycles. The van der Waals surface area contributed by atoms with Gasteiger partial charge in [0, 0.05) is 19.2 Å². The second-order valence-electron chi connectivity index (χ2n) is 5.54. The summed E-state index contributed by atoms with van der Waals surface area (Å²) in [6, 6.07) is 0.131. The van der Waals surface area contributed by atoms with Gasteiger partial charge in [-0.25, -0.2) is 0 Å². The summed E-state index contributed by atoms with van der Waals surface area (Å²) in [4.78, 5) is 12.2. The Morgan fingerprint density at radius 2 is 2.18 bits per heavy atom. The number of carbonyl (C=O) groups excluding carboxylic acids is 1. The summed E-state index contributed by atoms with van der Waals surface area (Å²) in [6.07, 6.45) is 6.72. The van der Waals surface area contributed by atoms with Gasteiger partial charge in [-0.1, -0.05) is 12.8 Å². The van der Waals surface area contributed by atoms with Crippen molar-refractivity contribution in [2.75, 3.05) is 13.2 Å². The van der Waals surface area contributed by atoms with Gasteiger partial charge >= 0.3 is 0 Å². The van der Waals surface area contributed by atoms with Crippen LogP contribution in [0.5, 0.6) is 0 Å². The first kappa shape index (κ1) is 12.8. The monoisotopic (exact) mass is 240 g/mol. The van der Waals surface area contributed by atoms with Crippen LogP contribution >= 0.6 is 0 Å². The summed E-state index contributed by atoms with van der Waals surface area (Å²) < 4.78 is 5.56. The predicted octanol–water partition coefficient (Wildman–Crippen LogP) is 1.19. The first-order valence-electron chi connectivity index (χ1n) is 6.81. The van der Waals surface area contributed by atoms with Crippen molar-refractivity contribution in [3.63, 3.8) is 0 Å². The summed E-state index contributed by atoms with van der Waals surface area (Å²) >= 11 is 0. The Bertz CT molecular complexity index is 269. The third-order valence-corrected chi connectivity index (χ3v) is 4.24. The quantitative estimate of drug-likeness (QED) is 0.776. The molecular formula is C13H24N2O2. The van der Waals surface area contributed by atoms with E-state index in [-0.39, 0.29) is 11.9 Å². The van der Waals surface area contributed by atoms with Crippen LogP contribution in [-0.2, 0) is 9.53 Å². The standard InChI is InChI=1S/C13H24N2O2/c1-13(7-4-8-17-13)12(16)15-11(9-14)10-5-2-3-6-10/h10-11H,2-9,14H2,1H3,(H,15,16). The van der Waals surface area contributed by atoms with Crippen molar-refractivity contribution < 1.29 is 9.53 Å². The average molecular weight is 240 g/mol. The van der Waals surface area contributed by atoms with Crippen LogP contribution in [0.2, 0.25) is 0 Å². The molecule has 4 nitrogen and oxygen atoms in total. The summed E-state index contributed by atoms with van der Waals surface area (Å²) in [5.41, 5.74) is 5.17. The van der Waals surface area contributed by atoms with Crippen molar-refractivity contribution in [2.45, 2.75) is 57.1 Å². The number of rotatable bonds is 4. The molecule has 0 aromatic carbocycles. The number of hydrogen-bond acceptors (Lipinski definition) is 3. The van der Waals surface area contributed by atoms with E-state index in [0.717, 1.165) is 12.8 Å². The van der Waals surface area contributed by atoms with Crippen LogP contribution in [0.15, 0.2) is 0 Å². The molecule has 1 saturated carbocycles. The van der Waals surface area contributed by atoms with Gasteiger partial charge in [0.2, 0.25) is 0 Å². The van der Waals surface area contributed by atoms with Gasteiger partial charge in [-0.05, 0) is 38.5 Å². The normalized spacial score (nSPS) is 31.6. The molecule has 2 atom stereocenters. The minimum atomic E-state index is -0.619. The largest absolute Gasteiger partial charge is 0.365 e. The Morgan fingerprint density at radius 3 is 2.71 bits per heavy atom. The molecule has 0 aromatic heterocycles. The third-order valence-electron chi connectivity index (χ3n) is 4.24. The lowest BCUT2D eigenvalue weighted by Gasteiger charge is -2.28. The molecule has 1 amide bonds. The molecule has 1 heterocycles. The van der Waals surface area contributed by atoms with Gasteiger partial charge in [-0.15, -0.1) is 0 Å². The van der Waals surface area contributed by atoms with E-state index < -0.39 is 5.60 Å². The molecule has 0 aromatic rings. The Labute approximate surface area is 103 Å². The van der Waals surface area contributed by atoms with Crippen molar-refractivity contribution in [2.24, 2.45) is 11.7 Å². The maximum Gasteiger partial charge on any atom is 0.252 e. The maximum atomic E-state index is 12.2. The van der Waals surface area contributed by atoms with Crippen LogP contribution in [0.3, 0.4) is 0 Å². The van der Waals surface area contributed by atoms with Crippen molar-refractivity contribution in [1.82, 2.24) is 5.32 Å². The Hall–Kier alpha value is -0.610. The second kappa shape index (κ2) is 5.36. The maximum absolute atomic E-state index is 12.2. The minimum absolute atomic E-state index is 0.0253. The second-order valence-corrected chi connectivity index (χ2v) is 5.54. The van der Waals surface area contributed by atoms with Gasteiger partial charge < -0.3 is 15.8 Å². The van der Waals surface area contributed by atoms with Gasteiger partial charge in [-0.2, -0.15) is 0 Å². The fraction of sp³-hybridized carbons (Fsp3) is 0.923. The number of nitrogens with one attached hydrogen (secondary N) is 1. The lowest BCUT2D eigenvalue weighted by atomic mass is 9.95. The highest BCUT2D eigenvalue weighted by molar-refractivity contribution is 5.85. The Kier molecular flexibility index (Phi) is 4.05. The van der Waals surface area contributed by atoms with E-state index >= 15 is 0 Å². The van der Waals surface area contributed by atoms with E-state index in [1.807, 2.05) is 6.92 Å². The van der Waals surface area contributed by atoms with Crippen LogP contribution in [0.25, 0.3) is 0 Å². The van der Waals surface area contributed by atoms with Crippen LogP contribution in [0.1, 0.15) is 45.4 Å². The van der Waals surface area contributed by atoms with Crippen LogP contribution in [-0.4, -0.2) is 30.7 Å². The highest BCUT2D eigenvalue weighted by atomic mass is 16.5. The zero-order chi connectivity index (χ0) is 12.3. The Balaban J connectivity index is 1.91. The Morgan fingerprint density at radius 1 is 1.47 bits per heavy atom. The van der Waals surface area contributed by atoms with E-state index in [1.54, 1.807) is 0 Å². The summed E-state index contributed by atoms with van der Waals surface area (Å²) in [5, 5.41) is 3.10. The summed E-state index contributed by atoms with van der Waals surface area (Å²) in [6.45, 7) is 3.12. The zero-order valence-corrected chi connectivity index (χ0v) is 10.7. The number of amides is 1.